The van der Waals surface area contributed by atoms with Gasteiger partial charge in [-0.1, -0.05) is 25.8 Å². The Hall–Kier alpha value is -1.80. The molecule has 0 aromatic carbocycles. The predicted molar refractivity (Wildman–Crippen MR) is 111 cm³/mol. The van der Waals surface area contributed by atoms with Crippen LogP contribution in [0.4, 0.5) is 9.59 Å². The molecular weight excluding hydrogens is 380 g/mol. The van der Waals surface area contributed by atoms with E-state index in [4.69, 9.17) is 9.47 Å². The Labute approximate surface area is 172 Å². The molecular formula is C20H34N2O5S. The van der Waals surface area contributed by atoms with Crippen molar-refractivity contribution in [2.24, 2.45) is 0 Å². The number of nitrogens with one attached hydrogen (secondary N) is 1. The lowest BCUT2D eigenvalue weighted by Gasteiger charge is -2.32. The number of carbonyl (C=O) groups excluding carboxylic acids is 1. The number of alkyl carbamates (subject to hydrolysis) is 1. The van der Waals surface area contributed by atoms with Crippen molar-refractivity contribution in [2.45, 2.75) is 71.1 Å². The van der Waals surface area contributed by atoms with E-state index >= 15 is 0 Å². The van der Waals surface area contributed by atoms with Gasteiger partial charge >= 0.3 is 12.2 Å². The van der Waals surface area contributed by atoms with E-state index in [2.05, 4.69) is 12.2 Å². The summed E-state index contributed by atoms with van der Waals surface area (Å²) >= 11 is 1.52. The molecule has 1 heterocycles. The Morgan fingerprint density at radius 3 is 2.57 bits per heavy atom. The molecule has 28 heavy (non-hydrogen) atoms. The number of carbonyl (C=O) groups is 2. The Morgan fingerprint density at radius 1 is 1.36 bits per heavy atom. The molecule has 1 aromatic heterocycles. The van der Waals surface area contributed by atoms with Crippen LogP contribution in [0.1, 0.15) is 64.3 Å². The van der Waals surface area contributed by atoms with Crippen LogP contribution in [0.2, 0.25) is 0 Å². The molecule has 0 aliphatic heterocycles. The molecule has 2 amide bonds. The molecule has 0 aliphatic rings. The maximum absolute atomic E-state index is 12.3. The van der Waals surface area contributed by atoms with Gasteiger partial charge in [0.15, 0.2) is 0 Å². The number of carboxylic acid groups (broad SMARTS) is 1. The smallest absolute Gasteiger partial charge is 0.407 e. The molecule has 0 spiro atoms. The van der Waals surface area contributed by atoms with Gasteiger partial charge < -0.3 is 19.9 Å². The van der Waals surface area contributed by atoms with Crippen molar-refractivity contribution < 1.29 is 24.2 Å². The van der Waals surface area contributed by atoms with E-state index in [0.29, 0.717) is 13.0 Å². The number of hydrogen-bond acceptors (Lipinski definition) is 5. The molecule has 1 unspecified atom stereocenters. The number of methoxy groups -OCH3 is 1. The summed E-state index contributed by atoms with van der Waals surface area (Å²) in [6, 6.07) is 3.30. The average molecular weight is 415 g/mol. The second kappa shape index (κ2) is 11.9. The highest BCUT2D eigenvalue weighted by molar-refractivity contribution is 7.10. The zero-order valence-corrected chi connectivity index (χ0v) is 18.4. The van der Waals surface area contributed by atoms with Gasteiger partial charge in [0, 0.05) is 24.6 Å². The van der Waals surface area contributed by atoms with E-state index in [1.807, 2.05) is 38.3 Å². The molecule has 0 saturated heterocycles. The second-order valence-corrected chi connectivity index (χ2v) is 8.70. The van der Waals surface area contributed by atoms with Crippen LogP contribution in [0.25, 0.3) is 0 Å². The van der Waals surface area contributed by atoms with Gasteiger partial charge in [0.05, 0.1) is 12.6 Å². The molecule has 0 saturated carbocycles. The van der Waals surface area contributed by atoms with E-state index in [0.717, 1.165) is 24.1 Å². The third kappa shape index (κ3) is 8.93. The van der Waals surface area contributed by atoms with Gasteiger partial charge in [0.2, 0.25) is 0 Å². The van der Waals surface area contributed by atoms with E-state index in [-0.39, 0.29) is 18.6 Å². The quantitative estimate of drug-likeness (QED) is 0.538. The normalized spacial score (nSPS) is 13.6. The first kappa shape index (κ1) is 24.2. The van der Waals surface area contributed by atoms with Gasteiger partial charge in [0.1, 0.15) is 5.60 Å². The molecule has 0 bridgehead atoms. The fourth-order valence-corrected chi connectivity index (χ4v) is 3.75. The van der Waals surface area contributed by atoms with Crippen LogP contribution < -0.4 is 5.32 Å². The van der Waals surface area contributed by atoms with Crippen molar-refractivity contribution in [3.05, 3.63) is 22.4 Å². The number of hydrogen-bond donors (Lipinski definition) is 2. The van der Waals surface area contributed by atoms with Gasteiger partial charge in [0.25, 0.3) is 0 Å². The van der Waals surface area contributed by atoms with Crippen LogP contribution >= 0.6 is 11.3 Å². The maximum Gasteiger partial charge on any atom is 0.407 e. The molecule has 1 rings (SSSR count). The maximum atomic E-state index is 12.3. The lowest BCUT2D eigenvalue weighted by Crippen LogP contribution is -2.43. The van der Waals surface area contributed by atoms with E-state index < -0.39 is 17.8 Å². The highest BCUT2D eigenvalue weighted by Crippen LogP contribution is 2.30. The van der Waals surface area contributed by atoms with E-state index in [9.17, 15) is 14.7 Å². The predicted octanol–water partition coefficient (Wildman–Crippen LogP) is 4.89. The summed E-state index contributed by atoms with van der Waals surface area (Å²) in [5, 5.41) is 14.6. The average Bonchev–Trinajstić information content (AvgIpc) is 3.11. The summed E-state index contributed by atoms with van der Waals surface area (Å²) < 4.78 is 10.5. The molecule has 0 radical (unpaired) electrons. The van der Waals surface area contributed by atoms with Gasteiger partial charge in [-0.25, -0.2) is 9.59 Å². The molecule has 1 aromatic rings. The number of ether oxygens (including phenoxy) is 2. The highest BCUT2D eigenvalue weighted by Gasteiger charge is 2.29. The van der Waals surface area contributed by atoms with Crippen LogP contribution in [-0.4, -0.2) is 54.1 Å². The van der Waals surface area contributed by atoms with Crippen molar-refractivity contribution in [1.29, 1.82) is 0 Å². The second-order valence-electron chi connectivity index (χ2n) is 7.72. The summed E-state index contributed by atoms with van der Waals surface area (Å²) in [7, 11) is 1.55. The fraction of sp³-hybridized carbons (Fsp3) is 0.700. The number of rotatable bonds is 11. The van der Waals surface area contributed by atoms with Crippen molar-refractivity contribution in [3.63, 3.8) is 0 Å². The van der Waals surface area contributed by atoms with Crippen LogP contribution in [0.5, 0.6) is 0 Å². The molecule has 0 aliphatic carbocycles. The summed E-state index contributed by atoms with van der Waals surface area (Å²) in [5.74, 6) is 0. The van der Waals surface area contributed by atoms with Crippen molar-refractivity contribution in [2.75, 3.05) is 20.3 Å². The standard InChI is InChI=1S/C20H34N2O5S/c1-6-7-9-15(21-18(23)27-20(2,3)4)14-16(17-10-8-13-28-17)22(19(24)25)11-12-26-5/h8,10,13,15-16H,6-7,9,11-12,14H2,1-5H3,(H,21,23)(H,24,25)/t15-,16?/m0/s1. The molecule has 0 fully saturated rings. The van der Waals surface area contributed by atoms with Crippen LogP contribution in [0.15, 0.2) is 17.5 Å². The van der Waals surface area contributed by atoms with Gasteiger partial charge in [-0.3, -0.25) is 4.90 Å². The SMILES string of the molecule is CCCC[C@@H](CC(c1cccs1)N(CCOC)C(=O)O)NC(=O)OC(C)(C)C. The third-order valence-corrected chi connectivity index (χ3v) is 5.14. The number of nitrogens with zero attached hydrogens (tertiary/aromatic N) is 1. The fourth-order valence-electron chi connectivity index (χ4n) is 2.90. The monoisotopic (exact) mass is 414 g/mol. The minimum Gasteiger partial charge on any atom is -0.465 e. The molecule has 8 heteroatoms. The Morgan fingerprint density at radius 2 is 2.07 bits per heavy atom. The Kier molecular flexibility index (Phi) is 10.3. The largest absolute Gasteiger partial charge is 0.465 e. The summed E-state index contributed by atoms with van der Waals surface area (Å²) in [6.45, 7) is 8.12. The van der Waals surface area contributed by atoms with Crippen LogP contribution in [-0.2, 0) is 9.47 Å². The summed E-state index contributed by atoms with van der Waals surface area (Å²) in [6.07, 6.45) is 1.69. The molecule has 2 atom stereocenters. The minimum absolute atomic E-state index is 0.189. The number of thiophene rings is 1. The van der Waals surface area contributed by atoms with Gasteiger partial charge in [-0.05, 0) is 45.1 Å². The van der Waals surface area contributed by atoms with Crippen LogP contribution in [0.3, 0.4) is 0 Å². The molecule has 2 N–H and O–H groups in total. The lowest BCUT2D eigenvalue weighted by atomic mass is 9.99. The zero-order chi connectivity index (χ0) is 21.2. The van der Waals surface area contributed by atoms with Crippen LogP contribution in [0, 0.1) is 0 Å². The Balaban J connectivity index is 3.01. The Bertz CT molecular complexity index is 586. The summed E-state index contributed by atoms with van der Waals surface area (Å²) in [4.78, 5) is 26.5. The minimum atomic E-state index is -0.998. The van der Waals surface area contributed by atoms with Gasteiger partial charge in [-0.2, -0.15) is 0 Å². The van der Waals surface area contributed by atoms with E-state index in [1.54, 1.807) is 7.11 Å². The van der Waals surface area contributed by atoms with Crippen molar-refractivity contribution >= 4 is 23.5 Å². The van der Waals surface area contributed by atoms with E-state index in [1.165, 1.54) is 16.2 Å². The third-order valence-electron chi connectivity index (χ3n) is 4.16. The number of unbranched alkanes of at least 4 members (excludes halogenated alkanes) is 1. The number of amides is 2. The van der Waals surface area contributed by atoms with Crippen molar-refractivity contribution in [1.82, 2.24) is 10.2 Å². The first-order chi connectivity index (χ1) is 13.2. The molecule has 160 valence electrons. The lowest BCUT2D eigenvalue weighted by molar-refractivity contribution is 0.0483. The zero-order valence-electron chi connectivity index (χ0n) is 17.6. The van der Waals surface area contributed by atoms with Gasteiger partial charge in [-0.15, -0.1) is 11.3 Å². The molecule has 7 nitrogen and oxygen atoms in total. The summed E-state index contributed by atoms with van der Waals surface area (Å²) in [5.41, 5.74) is -0.585. The first-order valence-electron chi connectivity index (χ1n) is 9.69. The highest BCUT2D eigenvalue weighted by atomic mass is 32.1. The van der Waals surface area contributed by atoms with Crippen molar-refractivity contribution in [3.8, 4) is 0 Å². The topological polar surface area (TPSA) is 88.1 Å². The first-order valence-corrected chi connectivity index (χ1v) is 10.6.